The average molecular weight is 565 g/mol. The lowest BCUT2D eigenvalue weighted by Gasteiger charge is -2.35. The number of hydrogen-bond acceptors (Lipinski definition) is 3. The lowest BCUT2D eigenvalue weighted by atomic mass is 9.89. The Morgan fingerprint density at radius 3 is 2.19 bits per heavy atom. The van der Waals surface area contributed by atoms with Crippen molar-refractivity contribution in [3.05, 3.63) is 125 Å². The van der Waals surface area contributed by atoms with Crippen LogP contribution in [0.1, 0.15) is 45.5 Å². The van der Waals surface area contributed by atoms with Crippen molar-refractivity contribution in [2.45, 2.75) is 39.7 Å². The van der Waals surface area contributed by atoms with Crippen LogP contribution in [0.3, 0.4) is 0 Å². The van der Waals surface area contributed by atoms with E-state index in [4.69, 9.17) is 0 Å². The maximum atomic E-state index is 13.5. The molecule has 3 N–H and O–H groups in total. The zero-order valence-electron chi connectivity index (χ0n) is 24.1. The lowest BCUT2D eigenvalue weighted by molar-refractivity contribution is 0.0951. The minimum atomic E-state index is -0.375. The van der Waals surface area contributed by atoms with Crippen molar-refractivity contribution in [3.8, 4) is 0 Å². The molecule has 1 saturated heterocycles. The molecule has 5 rings (SSSR count). The van der Waals surface area contributed by atoms with Crippen molar-refractivity contribution in [1.82, 2.24) is 5.32 Å². The maximum Gasteiger partial charge on any atom is 0.323 e. The Morgan fingerprint density at radius 2 is 1.50 bits per heavy atom. The third-order valence-corrected chi connectivity index (χ3v) is 7.91. The van der Waals surface area contributed by atoms with Gasteiger partial charge >= 0.3 is 6.03 Å². The number of nitrogens with one attached hydrogen (secondary N) is 3. The molecule has 1 fully saturated rings. The zero-order chi connectivity index (χ0) is 29.5. The van der Waals surface area contributed by atoms with Gasteiger partial charge in [-0.05, 0) is 91.6 Å². The van der Waals surface area contributed by atoms with Crippen LogP contribution in [0.5, 0.6) is 0 Å². The molecule has 1 aliphatic rings. The van der Waals surface area contributed by atoms with E-state index < -0.39 is 0 Å². The van der Waals surface area contributed by atoms with Gasteiger partial charge in [0.15, 0.2) is 0 Å². The molecule has 0 radical (unpaired) electrons. The summed E-state index contributed by atoms with van der Waals surface area (Å²) in [4.78, 5) is 28.7. The molecular weight excluding hydrogens is 527 g/mol. The van der Waals surface area contributed by atoms with Crippen molar-refractivity contribution < 1.29 is 14.0 Å². The highest BCUT2D eigenvalue weighted by Gasteiger charge is 2.24. The van der Waals surface area contributed by atoms with Gasteiger partial charge in [-0.15, -0.1) is 0 Å². The van der Waals surface area contributed by atoms with Crippen molar-refractivity contribution in [2.75, 3.05) is 28.6 Å². The van der Waals surface area contributed by atoms with Crippen molar-refractivity contribution in [3.63, 3.8) is 0 Å². The molecule has 0 saturated carbocycles. The van der Waals surface area contributed by atoms with E-state index >= 15 is 0 Å². The number of anilines is 3. The molecule has 4 aromatic carbocycles. The molecule has 42 heavy (non-hydrogen) atoms. The number of piperidine rings is 1. The van der Waals surface area contributed by atoms with Crippen LogP contribution in [0.15, 0.2) is 91.0 Å². The summed E-state index contributed by atoms with van der Waals surface area (Å²) in [5.74, 6) is 0.0226. The van der Waals surface area contributed by atoms with Crippen LogP contribution in [0.2, 0.25) is 0 Å². The quantitative estimate of drug-likeness (QED) is 0.208. The number of hydrogen-bond donors (Lipinski definition) is 3. The van der Waals surface area contributed by atoms with Crippen LogP contribution in [0.4, 0.5) is 26.2 Å². The van der Waals surface area contributed by atoms with Gasteiger partial charge in [-0.2, -0.15) is 0 Å². The van der Waals surface area contributed by atoms with Gasteiger partial charge in [0.1, 0.15) is 5.82 Å². The third-order valence-electron chi connectivity index (χ3n) is 7.91. The number of carbonyl (C=O) groups excluding carboxylic acids is 2. The van der Waals surface area contributed by atoms with Crippen molar-refractivity contribution in [2.24, 2.45) is 5.92 Å². The predicted molar refractivity (Wildman–Crippen MR) is 168 cm³/mol. The number of halogens is 1. The van der Waals surface area contributed by atoms with Crippen LogP contribution in [-0.2, 0) is 13.0 Å². The lowest BCUT2D eigenvalue weighted by Crippen LogP contribution is -2.36. The van der Waals surface area contributed by atoms with Gasteiger partial charge in [-0.25, -0.2) is 9.18 Å². The van der Waals surface area contributed by atoms with E-state index in [1.165, 1.54) is 17.7 Å². The molecule has 6 nitrogen and oxygen atoms in total. The minimum absolute atomic E-state index is 0.250. The Morgan fingerprint density at radius 1 is 0.810 bits per heavy atom. The first kappa shape index (κ1) is 28.9. The first-order valence-electron chi connectivity index (χ1n) is 14.5. The minimum Gasteiger partial charge on any atom is -0.371 e. The largest absolute Gasteiger partial charge is 0.371 e. The highest BCUT2D eigenvalue weighted by Crippen LogP contribution is 2.30. The number of urea groups is 1. The summed E-state index contributed by atoms with van der Waals surface area (Å²) in [6.45, 7) is 5.85. The Balaban J connectivity index is 1.32. The van der Waals surface area contributed by atoms with E-state index in [0.29, 0.717) is 17.2 Å². The molecule has 0 spiro atoms. The smallest absolute Gasteiger partial charge is 0.323 e. The van der Waals surface area contributed by atoms with E-state index in [9.17, 15) is 14.0 Å². The van der Waals surface area contributed by atoms with Gasteiger partial charge in [-0.1, -0.05) is 60.7 Å². The van der Waals surface area contributed by atoms with Crippen LogP contribution in [0.25, 0.3) is 0 Å². The molecule has 7 heteroatoms. The van der Waals surface area contributed by atoms with E-state index in [-0.39, 0.29) is 24.3 Å². The van der Waals surface area contributed by atoms with Gasteiger partial charge in [0.05, 0.1) is 5.56 Å². The SMILES string of the molecule is Cc1cccc(C)c1NC(=O)Nc1ccc(N2CCC(Cc3ccccc3)CC2)c(C(=O)NCc2ccc(F)cc2)c1. The number of nitrogens with zero attached hydrogens (tertiary/aromatic N) is 1. The van der Waals surface area contributed by atoms with Gasteiger partial charge in [0.2, 0.25) is 0 Å². The summed E-state index contributed by atoms with van der Waals surface area (Å²) in [5.41, 5.74) is 6.71. The van der Waals surface area contributed by atoms with Crippen LogP contribution in [0, 0.1) is 25.6 Å². The molecule has 0 atom stereocenters. The number of benzene rings is 4. The number of aryl methyl sites for hydroxylation is 2. The summed E-state index contributed by atoms with van der Waals surface area (Å²) in [6, 6.07) is 27.6. The topological polar surface area (TPSA) is 73.5 Å². The monoisotopic (exact) mass is 564 g/mol. The Kier molecular flexibility index (Phi) is 9.17. The molecule has 1 heterocycles. The Labute approximate surface area is 247 Å². The first-order valence-corrected chi connectivity index (χ1v) is 14.5. The molecule has 4 aromatic rings. The van der Waals surface area contributed by atoms with E-state index in [1.54, 1.807) is 18.2 Å². The molecule has 0 unspecified atom stereocenters. The van der Waals surface area contributed by atoms with E-state index in [0.717, 1.165) is 60.4 Å². The van der Waals surface area contributed by atoms with E-state index in [1.807, 2.05) is 50.2 Å². The summed E-state index contributed by atoms with van der Waals surface area (Å²) < 4.78 is 13.4. The van der Waals surface area contributed by atoms with Gasteiger partial charge < -0.3 is 20.9 Å². The van der Waals surface area contributed by atoms with Crippen LogP contribution >= 0.6 is 0 Å². The molecule has 0 aromatic heterocycles. The number of para-hydroxylation sites is 1. The molecule has 1 aliphatic heterocycles. The Hall–Kier alpha value is -4.65. The highest BCUT2D eigenvalue weighted by molar-refractivity contribution is 6.04. The predicted octanol–water partition coefficient (Wildman–Crippen LogP) is 7.48. The fourth-order valence-corrected chi connectivity index (χ4v) is 5.56. The highest BCUT2D eigenvalue weighted by atomic mass is 19.1. The van der Waals surface area contributed by atoms with Gasteiger partial charge in [-0.3, -0.25) is 4.79 Å². The van der Waals surface area contributed by atoms with Crippen molar-refractivity contribution >= 4 is 29.0 Å². The summed E-state index contributed by atoms with van der Waals surface area (Å²) >= 11 is 0. The molecule has 0 bridgehead atoms. The van der Waals surface area contributed by atoms with E-state index in [2.05, 4.69) is 45.1 Å². The summed E-state index contributed by atoms with van der Waals surface area (Å²) in [5, 5.41) is 8.81. The number of amides is 3. The second kappa shape index (κ2) is 13.3. The number of rotatable bonds is 8. The van der Waals surface area contributed by atoms with Gasteiger partial charge in [0, 0.05) is 36.7 Å². The molecule has 216 valence electrons. The fraction of sp³-hybridized carbons (Fsp3) is 0.257. The summed E-state index contributed by atoms with van der Waals surface area (Å²) in [6.07, 6.45) is 3.12. The molecular formula is C35H37FN4O2. The Bertz CT molecular complexity index is 1510. The van der Waals surface area contributed by atoms with Gasteiger partial charge in [0.25, 0.3) is 5.91 Å². The normalized spacial score (nSPS) is 13.5. The van der Waals surface area contributed by atoms with Crippen molar-refractivity contribution in [1.29, 1.82) is 0 Å². The van der Waals surface area contributed by atoms with Crippen LogP contribution in [-0.4, -0.2) is 25.0 Å². The zero-order valence-corrected chi connectivity index (χ0v) is 24.1. The molecule has 0 aliphatic carbocycles. The third kappa shape index (κ3) is 7.35. The second-order valence-electron chi connectivity index (χ2n) is 11.0. The van der Waals surface area contributed by atoms with Crippen LogP contribution < -0.4 is 20.9 Å². The summed E-state index contributed by atoms with van der Waals surface area (Å²) in [7, 11) is 0. The molecule has 3 amide bonds. The second-order valence-corrected chi connectivity index (χ2v) is 11.0. The number of carbonyl (C=O) groups is 2. The fourth-order valence-electron chi connectivity index (χ4n) is 5.56. The first-order chi connectivity index (χ1) is 20.4. The standard InChI is InChI=1S/C35H37FN4O2/c1-24-7-6-8-25(2)33(24)39-35(42)38-30-15-16-32(31(22-30)34(41)37-23-28-11-13-29(36)14-12-28)40-19-17-27(18-20-40)21-26-9-4-3-5-10-26/h3-16,22,27H,17-21,23H2,1-2H3,(H,37,41)(H2,38,39,42). The average Bonchev–Trinajstić information content (AvgIpc) is 3.00. The maximum absolute atomic E-state index is 13.5.